The lowest BCUT2D eigenvalue weighted by molar-refractivity contribution is 0.0730. The number of anilines is 1. The van der Waals surface area contributed by atoms with E-state index in [2.05, 4.69) is 15.3 Å². The Morgan fingerprint density at radius 2 is 1.66 bits per heavy atom. The molecule has 5 rings (SSSR count). The van der Waals surface area contributed by atoms with E-state index < -0.39 is 15.9 Å². The SMILES string of the molecule is O=C(Nc1cc(S(=O)(=O)N2CCOCC2)ccc1Oc1ccccc1)c1cnc2ccccc2n1. The molecule has 1 N–H and O–H groups in total. The van der Waals surface area contributed by atoms with Crippen molar-refractivity contribution >= 4 is 32.7 Å². The molecule has 0 saturated carbocycles. The number of morpholine rings is 1. The van der Waals surface area contributed by atoms with Crippen LogP contribution >= 0.6 is 0 Å². The second kappa shape index (κ2) is 9.79. The number of hydrogen-bond donors (Lipinski definition) is 1. The third-order valence-corrected chi connectivity index (χ3v) is 7.35. The zero-order valence-corrected chi connectivity index (χ0v) is 19.4. The van der Waals surface area contributed by atoms with Gasteiger partial charge in [0.2, 0.25) is 10.0 Å². The third-order valence-electron chi connectivity index (χ3n) is 5.46. The Morgan fingerprint density at radius 3 is 2.43 bits per heavy atom. The number of fused-ring (bicyclic) bond motifs is 1. The molecule has 0 radical (unpaired) electrons. The summed E-state index contributed by atoms with van der Waals surface area (Å²) in [6, 6.07) is 20.6. The summed E-state index contributed by atoms with van der Waals surface area (Å²) in [5.74, 6) is 0.290. The van der Waals surface area contributed by atoms with Crippen LogP contribution in [0.15, 0.2) is 83.9 Å². The van der Waals surface area contributed by atoms with Gasteiger partial charge in [-0.05, 0) is 42.5 Å². The first-order chi connectivity index (χ1) is 17.0. The molecule has 1 aromatic heterocycles. The van der Waals surface area contributed by atoms with Gasteiger partial charge in [-0.15, -0.1) is 0 Å². The van der Waals surface area contributed by atoms with Gasteiger partial charge in [-0.25, -0.2) is 13.4 Å². The van der Waals surface area contributed by atoms with E-state index in [1.54, 1.807) is 24.3 Å². The number of nitrogens with zero attached hydrogens (tertiary/aromatic N) is 3. The fraction of sp³-hybridized carbons (Fsp3) is 0.160. The van der Waals surface area contributed by atoms with Crippen LogP contribution in [0.4, 0.5) is 5.69 Å². The number of carbonyl (C=O) groups is 1. The van der Waals surface area contributed by atoms with Crippen molar-refractivity contribution in [1.29, 1.82) is 0 Å². The smallest absolute Gasteiger partial charge is 0.275 e. The number of hydrogen-bond acceptors (Lipinski definition) is 7. The van der Waals surface area contributed by atoms with Crippen molar-refractivity contribution in [2.24, 2.45) is 0 Å². The van der Waals surface area contributed by atoms with Crippen LogP contribution in [0.3, 0.4) is 0 Å². The Morgan fingerprint density at radius 1 is 0.943 bits per heavy atom. The fourth-order valence-electron chi connectivity index (χ4n) is 3.66. The molecule has 1 aliphatic heterocycles. The molecular weight excluding hydrogens is 468 g/mol. The highest BCUT2D eigenvalue weighted by Gasteiger charge is 2.27. The van der Waals surface area contributed by atoms with Crippen molar-refractivity contribution in [3.8, 4) is 11.5 Å². The van der Waals surface area contributed by atoms with Crippen molar-refractivity contribution in [1.82, 2.24) is 14.3 Å². The van der Waals surface area contributed by atoms with Crippen LogP contribution < -0.4 is 10.1 Å². The Bertz CT molecular complexity index is 1470. The molecule has 1 amide bonds. The highest BCUT2D eigenvalue weighted by molar-refractivity contribution is 7.89. The fourth-order valence-corrected chi connectivity index (χ4v) is 5.10. The van der Waals surface area contributed by atoms with Gasteiger partial charge in [0.05, 0.1) is 41.0 Å². The molecule has 0 aliphatic carbocycles. The van der Waals surface area contributed by atoms with Gasteiger partial charge in [-0.1, -0.05) is 30.3 Å². The number of amides is 1. The highest BCUT2D eigenvalue weighted by Crippen LogP contribution is 2.33. The molecule has 2 heterocycles. The predicted octanol–water partition coefficient (Wildman–Crippen LogP) is 3.70. The molecule has 1 aliphatic rings. The van der Waals surface area contributed by atoms with Crippen LogP contribution in [-0.2, 0) is 14.8 Å². The summed E-state index contributed by atoms with van der Waals surface area (Å²) < 4.78 is 39.0. The van der Waals surface area contributed by atoms with Crippen LogP contribution in [0.5, 0.6) is 11.5 Å². The van der Waals surface area contributed by atoms with Crippen LogP contribution in [-0.4, -0.2) is 54.9 Å². The van der Waals surface area contributed by atoms with E-state index in [0.717, 1.165) is 0 Å². The Labute approximate surface area is 202 Å². The van der Waals surface area contributed by atoms with Crippen LogP contribution in [0, 0.1) is 0 Å². The molecule has 178 valence electrons. The molecule has 1 fully saturated rings. The lowest BCUT2D eigenvalue weighted by Crippen LogP contribution is -2.40. The van der Waals surface area contributed by atoms with Gasteiger partial charge in [0.25, 0.3) is 5.91 Å². The first-order valence-electron chi connectivity index (χ1n) is 11.0. The van der Waals surface area contributed by atoms with Crippen molar-refractivity contribution in [3.63, 3.8) is 0 Å². The minimum absolute atomic E-state index is 0.0414. The summed E-state index contributed by atoms with van der Waals surface area (Å²) in [7, 11) is -3.78. The third kappa shape index (κ3) is 4.99. The minimum atomic E-state index is -3.78. The molecule has 0 atom stereocenters. The number of ether oxygens (including phenoxy) is 2. The Hall–Kier alpha value is -3.86. The maximum Gasteiger partial charge on any atom is 0.275 e. The lowest BCUT2D eigenvalue weighted by atomic mass is 10.2. The van der Waals surface area contributed by atoms with Gasteiger partial charge in [0.1, 0.15) is 11.4 Å². The van der Waals surface area contributed by atoms with Gasteiger partial charge < -0.3 is 14.8 Å². The van der Waals surface area contributed by atoms with E-state index in [0.29, 0.717) is 35.7 Å². The normalized spacial score (nSPS) is 14.5. The van der Waals surface area contributed by atoms with E-state index in [9.17, 15) is 13.2 Å². The molecule has 0 unspecified atom stereocenters. The number of rotatable bonds is 6. The van der Waals surface area contributed by atoms with Crippen LogP contribution in [0.2, 0.25) is 0 Å². The molecule has 35 heavy (non-hydrogen) atoms. The molecular formula is C25H22N4O5S. The lowest BCUT2D eigenvalue weighted by Gasteiger charge is -2.26. The van der Waals surface area contributed by atoms with E-state index in [-0.39, 0.29) is 29.4 Å². The number of sulfonamides is 1. The van der Waals surface area contributed by atoms with Crippen molar-refractivity contribution in [2.45, 2.75) is 4.90 Å². The average Bonchev–Trinajstić information content (AvgIpc) is 2.90. The van der Waals surface area contributed by atoms with Gasteiger partial charge in [0.15, 0.2) is 5.75 Å². The number of para-hydroxylation sites is 3. The second-order valence-electron chi connectivity index (χ2n) is 7.79. The van der Waals surface area contributed by atoms with Crippen LogP contribution in [0.1, 0.15) is 10.5 Å². The predicted molar refractivity (Wildman–Crippen MR) is 130 cm³/mol. The molecule has 3 aromatic carbocycles. The standard InChI is InChI=1S/C25H22N4O5S/c30-25(23-17-26-20-8-4-5-9-21(20)27-23)28-22-16-19(35(31,32)29-12-14-33-15-13-29)10-11-24(22)34-18-6-2-1-3-7-18/h1-11,16-17H,12-15H2,(H,28,30). The highest BCUT2D eigenvalue weighted by atomic mass is 32.2. The number of benzene rings is 3. The summed E-state index contributed by atoms with van der Waals surface area (Å²) in [5, 5.41) is 2.75. The second-order valence-corrected chi connectivity index (χ2v) is 9.73. The summed E-state index contributed by atoms with van der Waals surface area (Å²) in [4.78, 5) is 21.8. The maximum absolute atomic E-state index is 13.2. The monoisotopic (exact) mass is 490 g/mol. The summed E-state index contributed by atoms with van der Waals surface area (Å²) in [6.07, 6.45) is 1.38. The van der Waals surface area contributed by atoms with Gasteiger partial charge in [-0.3, -0.25) is 9.78 Å². The first kappa shape index (κ1) is 22.9. The molecule has 9 nitrogen and oxygen atoms in total. The summed E-state index contributed by atoms with van der Waals surface area (Å²) in [6.45, 7) is 1.19. The first-order valence-corrected chi connectivity index (χ1v) is 12.4. The maximum atomic E-state index is 13.2. The van der Waals surface area contributed by atoms with Gasteiger partial charge in [-0.2, -0.15) is 4.31 Å². The molecule has 10 heteroatoms. The largest absolute Gasteiger partial charge is 0.455 e. The summed E-state index contributed by atoms with van der Waals surface area (Å²) >= 11 is 0. The van der Waals surface area contributed by atoms with E-state index in [1.165, 1.54) is 28.7 Å². The van der Waals surface area contributed by atoms with Gasteiger partial charge in [0, 0.05) is 13.1 Å². The topological polar surface area (TPSA) is 111 Å². The molecule has 0 bridgehead atoms. The Balaban J connectivity index is 1.50. The van der Waals surface area contributed by atoms with E-state index in [4.69, 9.17) is 9.47 Å². The number of aromatic nitrogens is 2. The Kier molecular flexibility index (Phi) is 6.41. The average molecular weight is 491 g/mol. The molecule has 0 spiro atoms. The number of carbonyl (C=O) groups excluding carboxylic acids is 1. The number of nitrogens with one attached hydrogen (secondary N) is 1. The zero-order valence-electron chi connectivity index (χ0n) is 18.6. The molecule has 4 aromatic rings. The molecule has 1 saturated heterocycles. The van der Waals surface area contributed by atoms with Crippen LogP contribution in [0.25, 0.3) is 11.0 Å². The van der Waals surface area contributed by atoms with E-state index in [1.807, 2.05) is 30.3 Å². The zero-order chi connectivity index (χ0) is 24.3. The van der Waals surface area contributed by atoms with Crippen molar-refractivity contribution < 1.29 is 22.7 Å². The summed E-state index contributed by atoms with van der Waals surface area (Å²) in [5.41, 5.74) is 1.53. The quantitative estimate of drug-likeness (QED) is 0.439. The van der Waals surface area contributed by atoms with Crippen molar-refractivity contribution in [3.05, 3.63) is 84.7 Å². The van der Waals surface area contributed by atoms with E-state index >= 15 is 0 Å². The van der Waals surface area contributed by atoms with Crippen molar-refractivity contribution in [2.75, 3.05) is 31.6 Å². The minimum Gasteiger partial charge on any atom is -0.455 e. The van der Waals surface area contributed by atoms with Gasteiger partial charge >= 0.3 is 0 Å².